The molecule has 1 N–H and O–H groups in total. The molecule has 25 heavy (non-hydrogen) atoms. The van der Waals surface area contributed by atoms with Crippen LogP contribution in [0.15, 0.2) is 72.8 Å². The highest BCUT2D eigenvalue weighted by atomic mass is 19.1. The van der Waals surface area contributed by atoms with E-state index >= 15 is 0 Å². The van der Waals surface area contributed by atoms with Crippen molar-refractivity contribution in [3.8, 4) is 11.4 Å². The van der Waals surface area contributed by atoms with E-state index in [4.69, 9.17) is 0 Å². The van der Waals surface area contributed by atoms with Crippen LogP contribution in [0.5, 0.6) is 0 Å². The number of nitrogens with one attached hydrogen (secondary N) is 1. The number of nitrogens with zero attached hydrogens (tertiary/aromatic N) is 3. The second-order valence-corrected chi connectivity index (χ2v) is 5.68. The molecular formula is C20H15FN4. The van der Waals surface area contributed by atoms with E-state index in [-0.39, 0.29) is 5.82 Å². The number of halogens is 1. The number of hydrogen-bond acceptors (Lipinski definition) is 4. The van der Waals surface area contributed by atoms with Crippen LogP contribution in [0.25, 0.3) is 22.4 Å². The molecule has 4 nitrogen and oxygen atoms in total. The van der Waals surface area contributed by atoms with Gasteiger partial charge in [0.25, 0.3) is 0 Å². The molecule has 0 saturated heterocycles. The van der Waals surface area contributed by atoms with E-state index in [2.05, 4.69) is 20.5 Å². The first-order chi connectivity index (χ1) is 12.3. The molecule has 0 amide bonds. The lowest BCUT2D eigenvalue weighted by Gasteiger charge is -2.08. The van der Waals surface area contributed by atoms with E-state index in [0.29, 0.717) is 12.4 Å². The number of fused-ring (bicyclic) bond motifs is 1. The first-order valence-corrected chi connectivity index (χ1v) is 7.96. The predicted octanol–water partition coefficient (Wildman–Crippen LogP) is 4.44. The van der Waals surface area contributed by atoms with Gasteiger partial charge in [-0.3, -0.25) is 0 Å². The molecule has 4 aromatic rings. The Morgan fingerprint density at radius 3 is 2.40 bits per heavy atom. The maximum Gasteiger partial charge on any atom is 0.182 e. The summed E-state index contributed by atoms with van der Waals surface area (Å²) in [7, 11) is 0. The molecule has 0 fully saturated rings. The monoisotopic (exact) mass is 330 g/mol. The molecule has 0 spiro atoms. The van der Waals surface area contributed by atoms with Gasteiger partial charge in [0.05, 0.1) is 5.52 Å². The van der Waals surface area contributed by atoms with Crippen LogP contribution in [0, 0.1) is 5.82 Å². The molecule has 5 heteroatoms. The van der Waals surface area contributed by atoms with Crippen LogP contribution < -0.4 is 5.32 Å². The Bertz CT molecular complexity index is 1000. The largest absolute Gasteiger partial charge is 0.381 e. The third kappa shape index (κ3) is 3.45. The third-order valence-corrected chi connectivity index (χ3v) is 3.90. The molecule has 122 valence electrons. The van der Waals surface area contributed by atoms with Crippen LogP contribution in [0.1, 0.15) is 5.56 Å². The minimum Gasteiger partial charge on any atom is -0.381 e. The normalized spacial score (nSPS) is 10.8. The van der Waals surface area contributed by atoms with Gasteiger partial charge in [-0.15, -0.1) is 10.2 Å². The molecule has 1 heterocycles. The van der Waals surface area contributed by atoms with E-state index in [1.807, 2.05) is 48.5 Å². The topological polar surface area (TPSA) is 50.7 Å². The highest BCUT2D eigenvalue weighted by Crippen LogP contribution is 2.20. The van der Waals surface area contributed by atoms with Crippen LogP contribution in [0.2, 0.25) is 0 Å². The molecule has 4 rings (SSSR count). The van der Waals surface area contributed by atoms with Gasteiger partial charge in [-0.1, -0.05) is 42.5 Å². The van der Waals surface area contributed by atoms with Gasteiger partial charge in [-0.2, -0.15) is 0 Å². The van der Waals surface area contributed by atoms with Gasteiger partial charge in [0, 0.05) is 17.8 Å². The maximum atomic E-state index is 13.0. The summed E-state index contributed by atoms with van der Waals surface area (Å²) in [5.41, 5.74) is 4.38. The molecule has 0 aliphatic heterocycles. The number of benzene rings is 3. The Labute approximate surface area is 144 Å². The summed E-state index contributed by atoms with van der Waals surface area (Å²) < 4.78 is 13.0. The van der Waals surface area contributed by atoms with Crippen LogP contribution in [-0.4, -0.2) is 15.2 Å². The zero-order valence-electron chi connectivity index (χ0n) is 13.4. The molecule has 0 saturated carbocycles. The molecule has 0 atom stereocenters. The summed E-state index contributed by atoms with van der Waals surface area (Å²) in [6, 6.07) is 22.0. The van der Waals surface area contributed by atoms with Crippen molar-refractivity contribution in [2.45, 2.75) is 6.54 Å². The SMILES string of the molecule is Fc1ccc(CNc2ccc3nnc(-c4ccccc4)nc3c2)cc1. The number of hydrogen-bond donors (Lipinski definition) is 1. The Morgan fingerprint density at radius 1 is 0.800 bits per heavy atom. The Balaban J connectivity index is 1.59. The van der Waals surface area contributed by atoms with E-state index < -0.39 is 0 Å². The smallest absolute Gasteiger partial charge is 0.182 e. The van der Waals surface area contributed by atoms with Gasteiger partial charge in [-0.05, 0) is 35.9 Å². The van der Waals surface area contributed by atoms with E-state index in [1.54, 1.807) is 12.1 Å². The second kappa shape index (κ2) is 6.65. The first-order valence-electron chi connectivity index (χ1n) is 7.96. The van der Waals surface area contributed by atoms with E-state index in [1.165, 1.54) is 12.1 Å². The van der Waals surface area contributed by atoms with Crippen molar-refractivity contribution >= 4 is 16.7 Å². The zero-order valence-corrected chi connectivity index (χ0v) is 13.4. The van der Waals surface area contributed by atoms with Gasteiger partial charge < -0.3 is 5.32 Å². The molecule has 0 aliphatic rings. The quantitative estimate of drug-likeness (QED) is 0.601. The lowest BCUT2D eigenvalue weighted by molar-refractivity contribution is 0.627. The van der Waals surface area contributed by atoms with Crippen LogP contribution in [-0.2, 0) is 6.54 Å². The molecular weight excluding hydrogens is 315 g/mol. The Hall–Kier alpha value is -3.34. The fourth-order valence-electron chi connectivity index (χ4n) is 2.56. The molecule has 3 aromatic carbocycles. The average Bonchev–Trinajstić information content (AvgIpc) is 2.67. The molecule has 0 bridgehead atoms. The van der Waals surface area contributed by atoms with Gasteiger partial charge in [0.2, 0.25) is 0 Å². The lowest BCUT2D eigenvalue weighted by Crippen LogP contribution is -2.00. The Kier molecular flexibility index (Phi) is 4.04. The third-order valence-electron chi connectivity index (χ3n) is 3.90. The summed E-state index contributed by atoms with van der Waals surface area (Å²) in [4.78, 5) is 4.61. The minimum atomic E-state index is -0.231. The van der Waals surface area contributed by atoms with Crippen molar-refractivity contribution in [1.82, 2.24) is 15.2 Å². The number of aromatic nitrogens is 3. The highest BCUT2D eigenvalue weighted by molar-refractivity contribution is 5.79. The molecule has 0 aliphatic carbocycles. The summed E-state index contributed by atoms with van der Waals surface area (Å²) in [5.74, 6) is 0.370. The van der Waals surface area contributed by atoms with Crippen molar-refractivity contribution < 1.29 is 4.39 Å². The van der Waals surface area contributed by atoms with Crippen molar-refractivity contribution in [1.29, 1.82) is 0 Å². The second-order valence-electron chi connectivity index (χ2n) is 5.68. The maximum absolute atomic E-state index is 13.0. The summed E-state index contributed by atoms with van der Waals surface area (Å²) in [5, 5.41) is 11.8. The average molecular weight is 330 g/mol. The van der Waals surface area contributed by atoms with Crippen LogP contribution in [0.4, 0.5) is 10.1 Å². The van der Waals surface area contributed by atoms with Crippen molar-refractivity contribution in [3.63, 3.8) is 0 Å². The Morgan fingerprint density at radius 2 is 1.60 bits per heavy atom. The number of rotatable bonds is 4. The summed E-state index contributed by atoms with van der Waals surface area (Å²) in [6.07, 6.45) is 0. The highest BCUT2D eigenvalue weighted by Gasteiger charge is 2.05. The predicted molar refractivity (Wildman–Crippen MR) is 96.5 cm³/mol. The van der Waals surface area contributed by atoms with Gasteiger partial charge in [-0.25, -0.2) is 9.37 Å². The van der Waals surface area contributed by atoms with Gasteiger partial charge in [0.1, 0.15) is 11.3 Å². The van der Waals surface area contributed by atoms with Crippen molar-refractivity contribution in [2.24, 2.45) is 0 Å². The molecule has 0 unspecified atom stereocenters. The van der Waals surface area contributed by atoms with E-state index in [9.17, 15) is 4.39 Å². The minimum absolute atomic E-state index is 0.231. The summed E-state index contributed by atoms with van der Waals surface area (Å²) in [6.45, 7) is 0.607. The lowest BCUT2D eigenvalue weighted by atomic mass is 10.2. The van der Waals surface area contributed by atoms with E-state index in [0.717, 1.165) is 27.8 Å². The molecule has 0 radical (unpaired) electrons. The van der Waals surface area contributed by atoms with Crippen LogP contribution >= 0.6 is 0 Å². The van der Waals surface area contributed by atoms with Crippen LogP contribution in [0.3, 0.4) is 0 Å². The van der Waals surface area contributed by atoms with Gasteiger partial charge in [0.15, 0.2) is 5.82 Å². The fraction of sp³-hybridized carbons (Fsp3) is 0.0500. The van der Waals surface area contributed by atoms with Crippen molar-refractivity contribution in [2.75, 3.05) is 5.32 Å². The molecule has 1 aromatic heterocycles. The van der Waals surface area contributed by atoms with Gasteiger partial charge >= 0.3 is 0 Å². The van der Waals surface area contributed by atoms with Crippen molar-refractivity contribution in [3.05, 3.63) is 84.2 Å². The zero-order chi connectivity index (χ0) is 17.1. The fourth-order valence-corrected chi connectivity index (χ4v) is 2.56. The standard InChI is InChI=1S/C20H15FN4/c21-16-8-6-14(7-9-16)13-22-17-10-11-18-19(12-17)23-20(25-24-18)15-4-2-1-3-5-15/h1-12,22H,13H2. The number of anilines is 1. The summed E-state index contributed by atoms with van der Waals surface area (Å²) >= 11 is 0. The first kappa shape index (κ1) is 15.2.